The molecule has 0 rings (SSSR count). The van der Waals surface area contributed by atoms with Gasteiger partial charge in [-0.05, 0) is 33.4 Å². The van der Waals surface area contributed by atoms with Crippen LogP contribution in [0.5, 0.6) is 0 Å². The molecule has 0 radical (unpaired) electrons. The van der Waals surface area contributed by atoms with Gasteiger partial charge < -0.3 is 15.0 Å². The SMILES string of the molecule is COC(C)C(C)NCC(C)(C)CN(C)C. The minimum Gasteiger partial charge on any atom is -0.380 e. The summed E-state index contributed by atoms with van der Waals surface area (Å²) in [4.78, 5) is 2.23. The highest BCUT2D eigenvalue weighted by Gasteiger charge is 2.20. The van der Waals surface area contributed by atoms with Gasteiger partial charge in [0.25, 0.3) is 0 Å². The van der Waals surface area contributed by atoms with Crippen LogP contribution in [0.4, 0.5) is 0 Å². The standard InChI is InChI=1S/C12H28N2O/c1-10(11(2)15-7)13-8-12(3,4)9-14(5)6/h10-11,13H,8-9H2,1-7H3. The van der Waals surface area contributed by atoms with Gasteiger partial charge in [-0.3, -0.25) is 0 Å². The summed E-state index contributed by atoms with van der Waals surface area (Å²) in [6, 6.07) is 0.399. The molecule has 0 aromatic heterocycles. The van der Waals surface area contributed by atoms with Crippen LogP contribution < -0.4 is 5.32 Å². The van der Waals surface area contributed by atoms with E-state index in [0.717, 1.165) is 13.1 Å². The monoisotopic (exact) mass is 216 g/mol. The van der Waals surface area contributed by atoms with Crippen molar-refractivity contribution in [2.75, 3.05) is 34.3 Å². The van der Waals surface area contributed by atoms with Crippen LogP contribution >= 0.6 is 0 Å². The van der Waals surface area contributed by atoms with Gasteiger partial charge in [-0.15, -0.1) is 0 Å². The Labute approximate surface area is 95.2 Å². The average molecular weight is 216 g/mol. The normalized spacial score (nSPS) is 16.8. The molecule has 0 saturated heterocycles. The number of nitrogens with zero attached hydrogens (tertiary/aromatic N) is 1. The highest BCUT2D eigenvalue weighted by Crippen LogP contribution is 2.14. The van der Waals surface area contributed by atoms with Crippen LogP contribution in [0.25, 0.3) is 0 Å². The molecule has 15 heavy (non-hydrogen) atoms. The predicted molar refractivity (Wildman–Crippen MR) is 66.3 cm³/mol. The van der Waals surface area contributed by atoms with Crippen molar-refractivity contribution in [1.29, 1.82) is 0 Å². The van der Waals surface area contributed by atoms with Gasteiger partial charge >= 0.3 is 0 Å². The first-order valence-electron chi connectivity index (χ1n) is 5.69. The highest BCUT2D eigenvalue weighted by atomic mass is 16.5. The van der Waals surface area contributed by atoms with E-state index in [1.165, 1.54) is 0 Å². The van der Waals surface area contributed by atoms with Gasteiger partial charge in [0.15, 0.2) is 0 Å². The largest absolute Gasteiger partial charge is 0.380 e. The van der Waals surface area contributed by atoms with Gasteiger partial charge in [0, 0.05) is 26.2 Å². The van der Waals surface area contributed by atoms with E-state index in [2.05, 4.69) is 52.0 Å². The third-order valence-corrected chi connectivity index (χ3v) is 2.72. The Balaban J connectivity index is 3.92. The van der Waals surface area contributed by atoms with Gasteiger partial charge in [-0.25, -0.2) is 0 Å². The average Bonchev–Trinajstić information content (AvgIpc) is 2.11. The topological polar surface area (TPSA) is 24.5 Å². The summed E-state index contributed by atoms with van der Waals surface area (Å²) >= 11 is 0. The van der Waals surface area contributed by atoms with E-state index in [1.807, 2.05) is 0 Å². The second-order valence-electron chi connectivity index (χ2n) is 5.51. The lowest BCUT2D eigenvalue weighted by Gasteiger charge is -2.31. The van der Waals surface area contributed by atoms with E-state index in [9.17, 15) is 0 Å². The van der Waals surface area contributed by atoms with E-state index in [-0.39, 0.29) is 6.10 Å². The van der Waals surface area contributed by atoms with Gasteiger partial charge in [0.2, 0.25) is 0 Å². The molecule has 1 N–H and O–H groups in total. The molecular formula is C12H28N2O. The minimum absolute atomic E-state index is 0.264. The molecule has 0 bridgehead atoms. The molecule has 0 heterocycles. The maximum atomic E-state index is 5.29. The van der Waals surface area contributed by atoms with Crippen molar-refractivity contribution in [3.8, 4) is 0 Å². The molecule has 2 unspecified atom stereocenters. The molecule has 0 saturated carbocycles. The lowest BCUT2D eigenvalue weighted by Crippen LogP contribution is -2.44. The molecule has 0 aliphatic rings. The van der Waals surface area contributed by atoms with E-state index >= 15 is 0 Å². The Morgan fingerprint density at radius 3 is 2.20 bits per heavy atom. The number of hydrogen-bond donors (Lipinski definition) is 1. The zero-order valence-corrected chi connectivity index (χ0v) is 11.4. The van der Waals surface area contributed by atoms with Gasteiger partial charge in [0.05, 0.1) is 6.10 Å². The molecule has 0 aliphatic carbocycles. The number of methoxy groups -OCH3 is 1. The first-order chi connectivity index (χ1) is 6.78. The fraction of sp³-hybridized carbons (Fsp3) is 1.00. The Hall–Kier alpha value is -0.120. The Bertz CT molecular complexity index is 169. The molecule has 0 amide bonds. The predicted octanol–water partition coefficient (Wildman–Crippen LogP) is 1.59. The van der Waals surface area contributed by atoms with Crippen LogP contribution in [0.3, 0.4) is 0 Å². The van der Waals surface area contributed by atoms with Crippen LogP contribution in [0.15, 0.2) is 0 Å². The summed E-state index contributed by atoms with van der Waals surface area (Å²) in [6.45, 7) is 10.9. The van der Waals surface area contributed by atoms with Crippen molar-refractivity contribution < 1.29 is 4.74 Å². The van der Waals surface area contributed by atoms with Crippen molar-refractivity contribution in [3.05, 3.63) is 0 Å². The third kappa shape index (κ3) is 6.88. The fourth-order valence-electron chi connectivity index (χ4n) is 1.72. The molecule has 0 aromatic rings. The van der Waals surface area contributed by atoms with Gasteiger partial charge in [-0.2, -0.15) is 0 Å². The Kier molecular flexibility index (Phi) is 6.41. The van der Waals surface area contributed by atoms with Crippen LogP contribution in [0.1, 0.15) is 27.7 Å². The molecule has 3 nitrogen and oxygen atoms in total. The number of nitrogens with one attached hydrogen (secondary N) is 1. The highest BCUT2D eigenvalue weighted by molar-refractivity contribution is 4.77. The third-order valence-electron chi connectivity index (χ3n) is 2.72. The van der Waals surface area contributed by atoms with E-state index < -0.39 is 0 Å². The first-order valence-corrected chi connectivity index (χ1v) is 5.69. The molecule has 0 spiro atoms. The first kappa shape index (κ1) is 14.9. The van der Waals surface area contributed by atoms with Gasteiger partial charge in [0.1, 0.15) is 0 Å². The smallest absolute Gasteiger partial charge is 0.0693 e. The second kappa shape index (κ2) is 6.46. The molecular weight excluding hydrogens is 188 g/mol. The summed E-state index contributed by atoms with van der Waals surface area (Å²) in [7, 11) is 5.99. The van der Waals surface area contributed by atoms with E-state index in [4.69, 9.17) is 4.74 Å². The Morgan fingerprint density at radius 1 is 1.27 bits per heavy atom. The summed E-state index contributed by atoms with van der Waals surface area (Å²) in [5, 5.41) is 3.53. The molecule has 2 atom stereocenters. The molecule has 0 aromatic carbocycles. The van der Waals surface area contributed by atoms with Crippen molar-refractivity contribution in [2.45, 2.75) is 39.8 Å². The molecule has 0 aliphatic heterocycles. The van der Waals surface area contributed by atoms with Crippen molar-refractivity contribution in [3.63, 3.8) is 0 Å². The zero-order chi connectivity index (χ0) is 12.1. The minimum atomic E-state index is 0.264. The number of ether oxygens (including phenoxy) is 1. The summed E-state index contributed by atoms with van der Waals surface area (Å²) < 4.78 is 5.29. The quantitative estimate of drug-likeness (QED) is 0.699. The van der Waals surface area contributed by atoms with Crippen LogP contribution in [0, 0.1) is 5.41 Å². The van der Waals surface area contributed by atoms with Crippen LogP contribution in [-0.2, 0) is 4.74 Å². The van der Waals surface area contributed by atoms with Gasteiger partial charge in [-0.1, -0.05) is 13.8 Å². The van der Waals surface area contributed by atoms with Crippen molar-refractivity contribution >= 4 is 0 Å². The maximum Gasteiger partial charge on any atom is 0.0693 e. The van der Waals surface area contributed by atoms with Crippen LogP contribution in [0.2, 0.25) is 0 Å². The second-order valence-corrected chi connectivity index (χ2v) is 5.51. The molecule has 3 heteroatoms. The molecule has 0 fully saturated rings. The number of rotatable bonds is 7. The van der Waals surface area contributed by atoms with E-state index in [0.29, 0.717) is 11.5 Å². The fourth-order valence-corrected chi connectivity index (χ4v) is 1.72. The summed E-state index contributed by atoms with van der Waals surface area (Å²) in [5.41, 5.74) is 0.297. The van der Waals surface area contributed by atoms with E-state index in [1.54, 1.807) is 7.11 Å². The summed E-state index contributed by atoms with van der Waals surface area (Å²) in [6.07, 6.45) is 0.264. The van der Waals surface area contributed by atoms with Crippen molar-refractivity contribution in [1.82, 2.24) is 10.2 Å². The summed E-state index contributed by atoms with van der Waals surface area (Å²) in [5.74, 6) is 0. The number of hydrogen-bond acceptors (Lipinski definition) is 3. The van der Waals surface area contributed by atoms with Crippen molar-refractivity contribution in [2.24, 2.45) is 5.41 Å². The maximum absolute atomic E-state index is 5.29. The Morgan fingerprint density at radius 2 is 1.80 bits per heavy atom. The zero-order valence-electron chi connectivity index (χ0n) is 11.4. The lowest BCUT2D eigenvalue weighted by atomic mass is 9.92. The molecule has 92 valence electrons. The van der Waals surface area contributed by atoms with Crippen LogP contribution in [-0.4, -0.2) is 51.3 Å². The lowest BCUT2D eigenvalue weighted by molar-refractivity contribution is 0.0831.